The van der Waals surface area contributed by atoms with Gasteiger partial charge in [0, 0.05) is 10.4 Å². The first kappa shape index (κ1) is 12.0. The predicted molar refractivity (Wildman–Crippen MR) is 69.9 cm³/mol. The Labute approximate surface area is 111 Å². The second kappa shape index (κ2) is 4.45. The fourth-order valence-corrected chi connectivity index (χ4v) is 2.92. The van der Waals surface area contributed by atoms with Crippen LogP contribution in [0.4, 0.5) is 0 Å². The van der Waals surface area contributed by atoms with Gasteiger partial charge in [-0.05, 0) is 40.5 Å². The molecule has 0 aliphatic carbocycles. The quantitative estimate of drug-likeness (QED) is 0.913. The van der Waals surface area contributed by atoms with E-state index in [0.29, 0.717) is 10.0 Å². The van der Waals surface area contributed by atoms with Crippen molar-refractivity contribution < 1.29 is 5.11 Å². The molecule has 2 nitrogen and oxygen atoms in total. The lowest BCUT2D eigenvalue weighted by atomic mass is 9.97. The largest absolute Gasteiger partial charge is 0.378 e. The molecule has 0 aliphatic rings. The third-order valence-corrected chi connectivity index (χ3v) is 4.28. The Morgan fingerprint density at radius 2 is 2.25 bits per heavy atom. The van der Waals surface area contributed by atoms with Crippen LogP contribution < -0.4 is 0 Å². The third kappa shape index (κ3) is 2.30. The van der Waals surface area contributed by atoms with Crippen LogP contribution in [0.15, 0.2) is 34.2 Å². The first-order valence-electron chi connectivity index (χ1n) is 4.60. The first-order chi connectivity index (χ1) is 7.50. The summed E-state index contributed by atoms with van der Waals surface area (Å²) in [6.07, 6.45) is 0. The van der Waals surface area contributed by atoms with Crippen LogP contribution in [0.2, 0.25) is 5.02 Å². The highest BCUT2D eigenvalue weighted by molar-refractivity contribution is 9.10. The maximum Gasteiger partial charge on any atom is 0.138 e. The maximum atomic E-state index is 10.5. The molecule has 0 saturated heterocycles. The summed E-state index contributed by atoms with van der Waals surface area (Å²) < 4.78 is 0.731. The van der Waals surface area contributed by atoms with Gasteiger partial charge in [-0.25, -0.2) is 4.98 Å². The van der Waals surface area contributed by atoms with Crippen LogP contribution in [-0.2, 0) is 5.60 Å². The van der Waals surface area contributed by atoms with Crippen molar-refractivity contribution in [2.75, 3.05) is 0 Å². The monoisotopic (exact) mass is 317 g/mol. The number of aliphatic hydroxyl groups is 1. The van der Waals surface area contributed by atoms with Crippen molar-refractivity contribution in [3.05, 3.63) is 49.8 Å². The molecule has 0 radical (unpaired) electrons. The van der Waals surface area contributed by atoms with Crippen molar-refractivity contribution in [3.63, 3.8) is 0 Å². The van der Waals surface area contributed by atoms with Crippen molar-refractivity contribution in [3.8, 4) is 0 Å². The molecule has 5 heteroatoms. The maximum absolute atomic E-state index is 10.5. The fourth-order valence-electron chi connectivity index (χ4n) is 1.39. The molecule has 1 heterocycles. The van der Waals surface area contributed by atoms with E-state index in [9.17, 15) is 5.11 Å². The van der Waals surface area contributed by atoms with E-state index < -0.39 is 5.60 Å². The standard InChI is InChI=1S/C11H9BrClNOS/c1-11(15,10-14-9(12)6-16-10)7-3-2-4-8(13)5-7/h2-6,15H,1H3. The van der Waals surface area contributed by atoms with E-state index in [1.165, 1.54) is 11.3 Å². The summed E-state index contributed by atoms with van der Waals surface area (Å²) in [6, 6.07) is 7.17. The van der Waals surface area contributed by atoms with Gasteiger partial charge in [0.25, 0.3) is 0 Å². The number of halogens is 2. The number of thiazole rings is 1. The van der Waals surface area contributed by atoms with Crippen LogP contribution in [0.25, 0.3) is 0 Å². The van der Waals surface area contributed by atoms with Gasteiger partial charge in [0.15, 0.2) is 0 Å². The van der Waals surface area contributed by atoms with E-state index in [1.807, 2.05) is 17.5 Å². The topological polar surface area (TPSA) is 33.1 Å². The molecule has 0 aliphatic heterocycles. The smallest absolute Gasteiger partial charge is 0.138 e. The summed E-state index contributed by atoms with van der Waals surface area (Å²) in [5.74, 6) is 0. The highest BCUT2D eigenvalue weighted by Crippen LogP contribution is 2.33. The average Bonchev–Trinajstić information content (AvgIpc) is 2.65. The van der Waals surface area contributed by atoms with Gasteiger partial charge in [-0.2, -0.15) is 0 Å². The van der Waals surface area contributed by atoms with Gasteiger partial charge in [-0.3, -0.25) is 0 Å². The molecular weight excluding hydrogens is 310 g/mol. The molecule has 1 aromatic carbocycles. The van der Waals surface area contributed by atoms with E-state index in [1.54, 1.807) is 19.1 Å². The predicted octanol–water partition coefficient (Wildman–Crippen LogP) is 3.81. The molecule has 2 rings (SSSR count). The van der Waals surface area contributed by atoms with Gasteiger partial charge in [-0.1, -0.05) is 23.7 Å². The lowest BCUT2D eigenvalue weighted by molar-refractivity contribution is 0.102. The Kier molecular flexibility index (Phi) is 3.35. The van der Waals surface area contributed by atoms with Crippen molar-refractivity contribution in [1.82, 2.24) is 4.98 Å². The van der Waals surface area contributed by atoms with Crippen LogP contribution in [-0.4, -0.2) is 10.1 Å². The first-order valence-corrected chi connectivity index (χ1v) is 6.65. The number of rotatable bonds is 2. The second-order valence-electron chi connectivity index (χ2n) is 3.56. The molecule has 0 bridgehead atoms. The second-order valence-corrected chi connectivity index (χ2v) is 5.66. The van der Waals surface area contributed by atoms with Gasteiger partial charge in [0.05, 0.1) is 0 Å². The van der Waals surface area contributed by atoms with Crippen LogP contribution >= 0.6 is 38.9 Å². The van der Waals surface area contributed by atoms with Crippen LogP contribution in [0.3, 0.4) is 0 Å². The molecular formula is C11H9BrClNOS. The number of benzene rings is 1. The molecule has 1 N–H and O–H groups in total. The zero-order valence-corrected chi connectivity index (χ0v) is 11.6. The molecule has 1 unspecified atom stereocenters. The highest BCUT2D eigenvalue weighted by atomic mass is 79.9. The Balaban J connectivity index is 2.46. The SMILES string of the molecule is CC(O)(c1cccc(Cl)c1)c1nc(Br)cs1. The lowest BCUT2D eigenvalue weighted by Crippen LogP contribution is -2.22. The minimum Gasteiger partial charge on any atom is -0.378 e. The van der Waals surface area contributed by atoms with Gasteiger partial charge in [0.2, 0.25) is 0 Å². The number of aromatic nitrogens is 1. The summed E-state index contributed by atoms with van der Waals surface area (Å²) in [4.78, 5) is 4.23. The Morgan fingerprint density at radius 3 is 2.81 bits per heavy atom. The fraction of sp³-hybridized carbons (Fsp3) is 0.182. The lowest BCUT2D eigenvalue weighted by Gasteiger charge is -2.21. The summed E-state index contributed by atoms with van der Waals surface area (Å²) in [7, 11) is 0. The van der Waals surface area contributed by atoms with Crippen molar-refractivity contribution in [2.45, 2.75) is 12.5 Å². The summed E-state index contributed by atoms with van der Waals surface area (Å²) in [6.45, 7) is 1.71. The van der Waals surface area contributed by atoms with Crippen LogP contribution in [0, 0.1) is 0 Å². The number of nitrogens with zero attached hydrogens (tertiary/aromatic N) is 1. The Hall–Kier alpha value is -0.420. The zero-order valence-electron chi connectivity index (χ0n) is 8.45. The van der Waals surface area contributed by atoms with Gasteiger partial charge in [0.1, 0.15) is 15.2 Å². The molecule has 0 fully saturated rings. The van der Waals surface area contributed by atoms with E-state index in [-0.39, 0.29) is 0 Å². The van der Waals surface area contributed by atoms with E-state index in [4.69, 9.17) is 11.6 Å². The average molecular weight is 319 g/mol. The van der Waals surface area contributed by atoms with E-state index >= 15 is 0 Å². The Morgan fingerprint density at radius 1 is 1.50 bits per heavy atom. The van der Waals surface area contributed by atoms with E-state index in [0.717, 1.165) is 10.2 Å². The minimum atomic E-state index is -1.11. The summed E-state index contributed by atoms with van der Waals surface area (Å²) in [5.41, 5.74) is -0.372. The van der Waals surface area contributed by atoms with Crippen LogP contribution in [0.1, 0.15) is 17.5 Å². The molecule has 0 spiro atoms. The van der Waals surface area contributed by atoms with Crippen molar-refractivity contribution in [1.29, 1.82) is 0 Å². The molecule has 16 heavy (non-hydrogen) atoms. The van der Waals surface area contributed by atoms with Gasteiger partial charge >= 0.3 is 0 Å². The van der Waals surface area contributed by atoms with Crippen molar-refractivity contribution >= 4 is 38.9 Å². The van der Waals surface area contributed by atoms with E-state index in [2.05, 4.69) is 20.9 Å². The zero-order chi connectivity index (χ0) is 11.8. The molecule has 1 aromatic heterocycles. The van der Waals surface area contributed by atoms with Crippen LogP contribution in [0.5, 0.6) is 0 Å². The molecule has 1 atom stereocenters. The minimum absolute atomic E-state index is 0.605. The van der Waals surface area contributed by atoms with Gasteiger partial charge < -0.3 is 5.11 Å². The summed E-state index contributed by atoms with van der Waals surface area (Å²) >= 11 is 10.6. The Bertz CT molecular complexity index is 512. The summed E-state index contributed by atoms with van der Waals surface area (Å²) in [5, 5.41) is 13.6. The molecule has 2 aromatic rings. The van der Waals surface area contributed by atoms with Gasteiger partial charge in [-0.15, -0.1) is 11.3 Å². The highest BCUT2D eigenvalue weighted by Gasteiger charge is 2.29. The third-order valence-electron chi connectivity index (χ3n) is 2.28. The molecule has 84 valence electrons. The molecule has 0 amide bonds. The number of hydrogen-bond donors (Lipinski definition) is 1. The van der Waals surface area contributed by atoms with Crippen molar-refractivity contribution in [2.24, 2.45) is 0 Å². The normalized spacial score (nSPS) is 14.8. The molecule has 0 saturated carbocycles. The number of hydrogen-bond acceptors (Lipinski definition) is 3.